The van der Waals surface area contributed by atoms with Gasteiger partial charge in [-0.25, -0.2) is 4.79 Å². The molecule has 2 N–H and O–H groups in total. The smallest absolute Gasteiger partial charge is 0.338 e. The zero-order valence-corrected chi connectivity index (χ0v) is 12.9. The average Bonchev–Trinajstić information content (AvgIpc) is 2.58. The van der Waals surface area contributed by atoms with Crippen LogP contribution in [0.15, 0.2) is 69.9 Å². The molecule has 118 valence electrons. The van der Waals surface area contributed by atoms with E-state index in [-0.39, 0.29) is 5.63 Å². The van der Waals surface area contributed by atoms with E-state index >= 15 is 0 Å². The normalized spacial score (nSPS) is 10.8. The molecule has 1 heterocycles. The molecular weight excluding hydrogens is 288 g/mol. The maximum absolute atomic E-state index is 11.6. The molecule has 0 spiro atoms. The van der Waals surface area contributed by atoms with Gasteiger partial charge in [0.2, 0.25) is 0 Å². The Balaban J connectivity index is 1.48. The summed E-state index contributed by atoms with van der Waals surface area (Å²) in [5, 5.41) is 7.68. The highest BCUT2D eigenvalue weighted by Gasteiger charge is 2.03. The number of rotatable bonds is 7. The lowest BCUT2D eigenvalue weighted by Gasteiger charge is -2.09. The molecule has 0 fully saturated rings. The summed E-state index contributed by atoms with van der Waals surface area (Å²) in [6.07, 6.45) is 0.974. The van der Waals surface area contributed by atoms with E-state index in [9.17, 15) is 4.79 Å². The van der Waals surface area contributed by atoms with Gasteiger partial charge in [-0.15, -0.1) is 0 Å². The average molecular weight is 308 g/mol. The molecule has 0 bridgehead atoms. The fourth-order valence-electron chi connectivity index (χ4n) is 2.52. The molecule has 23 heavy (non-hydrogen) atoms. The lowest BCUT2D eigenvalue weighted by atomic mass is 10.2. The lowest BCUT2D eigenvalue weighted by molar-refractivity contribution is 0.561. The first-order valence-electron chi connectivity index (χ1n) is 7.84. The van der Waals surface area contributed by atoms with Crippen LogP contribution < -0.4 is 16.3 Å². The Kier molecular flexibility index (Phi) is 5.06. The Morgan fingerprint density at radius 1 is 0.913 bits per heavy atom. The molecule has 0 unspecified atom stereocenters. The van der Waals surface area contributed by atoms with Crippen molar-refractivity contribution in [3.63, 3.8) is 0 Å². The summed E-state index contributed by atoms with van der Waals surface area (Å²) in [7, 11) is 0. The van der Waals surface area contributed by atoms with Gasteiger partial charge in [-0.2, -0.15) is 0 Å². The van der Waals surface area contributed by atoms with Gasteiger partial charge in [0.1, 0.15) is 5.58 Å². The van der Waals surface area contributed by atoms with Crippen molar-refractivity contribution in [2.24, 2.45) is 0 Å². The van der Waals surface area contributed by atoms with Crippen LogP contribution in [-0.4, -0.2) is 13.1 Å². The first kappa shape index (κ1) is 15.3. The van der Waals surface area contributed by atoms with E-state index in [2.05, 4.69) is 22.8 Å². The van der Waals surface area contributed by atoms with Crippen LogP contribution >= 0.6 is 0 Å². The number of nitrogens with one attached hydrogen (secondary N) is 2. The Morgan fingerprint density at radius 2 is 1.70 bits per heavy atom. The first-order chi connectivity index (χ1) is 11.3. The van der Waals surface area contributed by atoms with Crippen LogP contribution in [-0.2, 0) is 6.54 Å². The van der Waals surface area contributed by atoms with Crippen LogP contribution in [0.25, 0.3) is 11.0 Å². The molecule has 0 saturated carbocycles. The Labute approximate surface area is 135 Å². The summed E-state index contributed by atoms with van der Waals surface area (Å²) < 4.78 is 5.19. The molecule has 0 saturated heterocycles. The van der Waals surface area contributed by atoms with Gasteiger partial charge in [-0.1, -0.05) is 42.5 Å². The molecule has 0 amide bonds. The number of hydrogen-bond donors (Lipinski definition) is 2. The molecule has 0 aliphatic rings. The second kappa shape index (κ2) is 7.61. The number of para-hydroxylation sites is 1. The Hall–Kier alpha value is -2.59. The fraction of sp³-hybridized carbons (Fsp3) is 0.211. The van der Waals surface area contributed by atoms with Gasteiger partial charge in [0.15, 0.2) is 0 Å². The minimum atomic E-state index is -0.326. The molecule has 0 aliphatic carbocycles. The minimum absolute atomic E-state index is 0.326. The molecule has 0 atom stereocenters. The highest BCUT2D eigenvalue weighted by Crippen LogP contribution is 2.20. The summed E-state index contributed by atoms with van der Waals surface area (Å²) in [5.41, 5.74) is 2.41. The van der Waals surface area contributed by atoms with E-state index in [4.69, 9.17) is 4.42 Å². The predicted octanol–water partition coefficient (Wildman–Crippen LogP) is 3.38. The molecule has 2 aromatic carbocycles. The number of anilines is 1. The van der Waals surface area contributed by atoms with E-state index < -0.39 is 0 Å². The maximum Gasteiger partial charge on any atom is 0.338 e. The fourth-order valence-corrected chi connectivity index (χ4v) is 2.52. The molecule has 0 aliphatic heterocycles. The maximum atomic E-state index is 11.6. The third-order valence-corrected chi connectivity index (χ3v) is 3.67. The largest absolute Gasteiger partial charge is 0.423 e. The monoisotopic (exact) mass is 308 g/mol. The van der Waals surface area contributed by atoms with Crippen LogP contribution in [0.4, 0.5) is 5.69 Å². The van der Waals surface area contributed by atoms with Gasteiger partial charge in [-0.3, -0.25) is 0 Å². The van der Waals surface area contributed by atoms with Crippen molar-refractivity contribution in [3.8, 4) is 0 Å². The van der Waals surface area contributed by atoms with Gasteiger partial charge in [0.25, 0.3) is 0 Å². The van der Waals surface area contributed by atoms with Gasteiger partial charge in [0, 0.05) is 24.5 Å². The Morgan fingerprint density at radius 3 is 2.57 bits per heavy atom. The van der Waals surface area contributed by atoms with Crippen LogP contribution in [0.3, 0.4) is 0 Å². The quantitative estimate of drug-likeness (QED) is 0.519. The number of benzene rings is 2. The van der Waals surface area contributed by atoms with Gasteiger partial charge < -0.3 is 15.1 Å². The van der Waals surface area contributed by atoms with Crippen LogP contribution in [0, 0.1) is 0 Å². The van der Waals surface area contributed by atoms with Crippen molar-refractivity contribution in [1.29, 1.82) is 0 Å². The summed E-state index contributed by atoms with van der Waals surface area (Å²) >= 11 is 0. The summed E-state index contributed by atoms with van der Waals surface area (Å²) in [6, 6.07) is 19.4. The van der Waals surface area contributed by atoms with Crippen molar-refractivity contribution in [2.45, 2.75) is 13.0 Å². The van der Waals surface area contributed by atoms with E-state index in [0.29, 0.717) is 5.58 Å². The van der Waals surface area contributed by atoms with Crippen molar-refractivity contribution < 1.29 is 4.42 Å². The third kappa shape index (κ3) is 4.20. The van der Waals surface area contributed by atoms with E-state index in [1.54, 1.807) is 0 Å². The van der Waals surface area contributed by atoms with Crippen LogP contribution in [0.1, 0.15) is 12.0 Å². The topological polar surface area (TPSA) is 54.3 Å². The molecule has 3 aromatic rings. The van der Waals surface area contributed by atoms with Crippen LogP contribution in [0.2, 0.25) is 0 Å². The zero-order chi connectivity index (χ0) is 15.9. The van der Waals surface area contributed by atoms with Crippen molar-refractivity contribution >= 4 is 16.7 Å². The zero-order valence-electron chi connectivity index (χ0n) is 12.9. The van der Waals surface area contributed by atoms with Crippen molar-refractivity contribution in [2.75, 3.05) is 18.4 Å². The molecule has 3 rings (SSSR count). The van der Waals surface area contributed by atoms with Crippen molar-refractivity contribution in [1.82, 2.24) is 5.32 Å². The Bertz CT molecular complexity index is 812. The standard InChI is InChI=1S/C19H20N2O2/c22-19-13-17(16-9-4-5-10-18(16)23-19)21-12-6-11-20-14-15-7-2-1-3-8-15/h1-5,7-10,13,20-21H,6,11-12,14H2. The molecule has 0 radical (unpaired) electrons. The minimum Gasteiger partial charge on any atom is -0.423 e. The summed E-state index contributed by atoms with van der Waals surface area (Å²) in [6.45, 7) is 2.59. The SMILES string of the molecule is O=c1cc(NCCCNCc2ccccc2)c2ccccc2o1. The number of hydrogen-bond acceptors (Lipinski definition) is 4. The molecule has 1 aromatic heterocycles. The van der Waals surface area contributed by atoms with E-state index in [1.807, 2.05) is 42.5 Å². The van der Waals surface area contributed by atoms with Gasteiger partial charge in [0.05, 0.1) is 5.69 Å². The number of fused-ring (bicyclic) bond motifs is 1. The highest BCUT2D eigenvalue weighted by atomic mass is 16.4. The van der Waals surface area contributed by atoms with Gasteiger partial charge in [-0.05, 0) is 30.7 Å². The van der Waals surface area contributed by atoms with E-state index in [1.165, 1.54) is 11.6 Å². The van der Waals surface area contributed by atoms with Gasteiger partial charge >= 0.3 is 5.63 Å². The summed E-state index contributed by atoms with van der Waals surface area (Å²) in [4.78, 5) is 11.6. The molecule has 4 nitrogen and oxygen atoms in total. The third-order valence-electron chi connectivity index (χ3n) is 3.67. The predicted molar refractivity (Wildman–Crippen MR) is 93.7 cm³/mol. The first-order valence-corrected chi connectivity index (χ1v) is 7.84. The second-order valence-corrected chi connectivity index (χ2v) is 5.42. The van der Waals surface area contributed by atoms with Crippen molar-refractivity contribution in [3.05, 3.63) is 76.6 Å². The molecule has 4 heteroatoms. The highest BCUT2D eigenvalue weighted by molar-refractivity contribution is 5.89. The molecular formula is C19H20N2O2. The summed E-state index contributed by atoms with van der Waals surface area (Å²) in [5.74, 6) is 0. The second-order valence-electron chi connectivity index (χ2n) is 5.42. The van der Waals surface area contributed by atoms with Crippen LogP contribution in [0.5, 0.6) is 0 Å². The lowest BCUT2D eigenvalue weighted by Crippen LogP contribution is -2.18. The van der Waals surface area contributed by atoms with E-state index in [0.717, 1.165) is 37.1 Å².